The topological polar surface area (TPSA) is 29.3 Å². The molecule has 0 bridgehead atoms. The van der Waals surface area contributed by atoms with Gasteiger partial charge in [0.2, 0.25) is 0 Å². The second-order valence-corrected chi connectivity index (χ2v) is 4.38. The van der Waals surface area contributed by atoms with Gasteiger partial charge in [-0.3, -0.25) is 4.90 Å². The lowest BCUT2D eigenvalue weighted by Gasteiger charge is -2.37. The van der Waals surface area contributed by atoms with Gasteiger partial charge >= 0.3 is 0 Å². The molecule has 0 spiro atoms. The highest BCUT2D eigenvalue weighted by Crippen LogP contribution is 2.16. The molecule has 0 atom stereocenters. The third-order valence-electron chi connectivity index (χ3n) is 2.88. The maximum absolute atomic E-state index is 5.74. The third-order valence-corrected chi connectivity index (χ3v) is 2.88. The zero-order valence-electron chi connectivity index (χ0n) is 8.96. The van der Waals surface area contributed by atoms with Gasteiger partial charge in [0.05, 0.1) is 0 Å². The van der Waals surface area contributed by atoms with Crippen LogP contribution in [0.4, 0.5) is 0 Å². The van der Waals surface area contributed by atoms with E-state index in [-0.39, 0.29) is 0 Å². The van der Waals surface area contributed by atoms with Crippen LogP contribution in [-0.2, 0) is 6.54 Å². The Morgan fingerprint density at radius 2 is 2.07 bits per heavy atom. The summed E-state index contributed by atoms with van der Waals surface area (Å²) in [6, 6.07) is 7.06. The molecule has 0 saturated carbocycles. The highest BCUT2D eigenvalue weighted by Gasteiger charge is 2.22. The van der Waals surface area contributed by atoms with Crippen LogP contribution in [0.25, 0.3) is 0 Å². The number of rotatable bonds is 2. The summed E-state index contributed by atoms with van der Waals surface area (Å²) < 4.78 is 0. The van der Waals surface area contributed by atoms with Crippen molar-refractivity contribution in [3.05, 3.63) is 34.9 Å². The van der Waals surface area contributed by atoms with Crippen molar-refractivity contribution in [2.75, 3.05) is 13.1 Å². The van der Waals surface area contributed by atoms with Gasteiger partial charge in [-0.15, -0.1) is 0 Å². The molecule has 0 amide bonds. The van der Waals surface area contributed by atoms with E-state index in [4.69, 9.17) is 5.73 Å². The molecule has 2 nitrogen and oxygen atoms in total. The standard InChI is InChI=1S/C12H18N2/c1-9-3-4-11(10(2)5-9)6-14-7-12(13)8-14/h3-5,12H,6-8,13H2,1-2H3. The van der Waals surface area contributed by atoms with Gasteiger partial charge in [-0.25, -0.2) is 0 Å². The number of hydrogen-bond acceptors (Lipinski definition) is 2. The van der Waals surface area contributed by atoms with Crippen molar-refractivity contribution in [1.82, 2.24) is 4.90 Å². The smallest absolute Gasteiger partial charge is 0.0297 e. The summed E-state index contributed by atoms with van der Waals surface area (Å²) in [5, 5.41) is 0. The summed E-state index contributed by atoms with van der Waals surface area (Å²) >= 11 is 0. The normalized spacial score (nSPS) is 18.2. The SMILES string of the molecule is Cc1ccc(CN2CC(N)C2)c(C)c1. The van der Waals surface area contributed by atoms with Crippen LogP contribution in [0.15, 0.2) is 18.2 Å². The van der Waals surface area contributed by atoms with Crippen LogP contribution in [0.3, 0.4) is 0 Å². The number of aryl methyl sites for hydroxylation is 2. The predicted molar refractivity (Wildman–Crippen MR) is 59.2 cm³/mol. The lowest BCUT2D eigenvalue weighted by Crippen LogP contribution is -2.54. The minimum Gasteiger partial charge on any atom is -0.325 e. The van der Waals surface area contributed by atoms with Crippen molar-refractivity contribution in [2.45, 2.75) is 26.4 Å². The molecule has 1 aliphatic rings. The molecule has 0 unspecified atom stereocenters. The molecule has 1 aromatic carbocycles. The number of likely N-dealkylation sites (tertiary alicyclic amines) is 1. The largest absolute Gasteiger partial charge is 0.325 e. The number of nitrogens with two attached hydrogens (primary N) is 1. The Labute approximate surface area is 85.7 Å². The van der Waals surface area contributed by atoms with Gasteiger partial charge in [0.1, 0.15) is 0 Å². The Morgan fingerprint density at radius 1 is 1.36 bits per heavy atom. The number of benzene rings is 1. The van der Waals surface area contributed by atoms with Crippen LogP contribution in [0, 0.1) is 13.8 Å². The van der Waals surface area contributed by atoms with Gasteiger partial charge in [0, 0.05) is 25.7 Å². The molecule has 76 valence electrons. The Bertz CT molecular complexity index is 327. The van der Waals surface area contributed by atoms with Gasteiger partial charge in [0.25, 0.3) is 0 Å². The van der Waals surface area contributed by atoms with Crippen LogP contribution < -0.4 is 5.73 Å². The van der Waals surface area contributed by atoms with Crippen LogP contribution in [0.1, 0.15) is 16.7 Å². The van der Waals surface area contributed by atoms with Crippen molar-refractivity contribution in [2.24, 2.45) is 5.73 Å². The van der Waals surface area contributed by atoms with Crippen molar-refractivity contribution in [1.29, 1.82) is 0 Å². The van der Waals surface area contributed by atoms with E-state index in [0.717, 1.165) is 19.6 Å². The Morgan fingerprint density at radius 3 is 2.64 bits per heavy atom. The van der Waals surface area contributed by atoms with Crippen molar-refractivity contribution >= 4 is 0 Å². The summed E-state index contributed by atoms with van der Waals surface area (Å²) in [5.41, 5.74) is 9.91. The molecule has 1 aliphatic heterocycles. The summed E-state index contributed by atoms with van der Waals surface area (Å²) in [4.78, 5) is 2.39. The molecule has 2 heteroatoms. The second kappa shape index (κ2) is 3.71. The minimum atomic E-state index is 0.403. The fourth-order valence-electron chi connectivity index (χ4n) is 2.00. The molecule has 14 heavy (non-hydrogen) atoms. The first-order valence-corrected chi connectivity index (χ1v) is 5.19. The molecule has 2 N–H and O–H groups in total. The first-order chi connectivity index (χ1) is 6.65. The van der Waals surface area contributed by atoms with Gasteiger partial charge in [-0.2, -0.15) is 0 Å². The van der Waals surface area contributed by atoms with Gasteiger partial charge in [0.15, 0.2) is 0 Å². The molecular weight excluding hydrogens is 172 g/mol. The summed E-state index contributed by atoms with van der Waals surface area (Å²) in [7, 11) is 0. The zero-order valence-corrected chi connectivity index (χ0v) is 8.96. The van der Waals surface area contributed by atoms with E-state index in [1.807, 2.05) is 0 Å². The van der Waals surface area contributed by atoms with E-state index in [2.05, 4.69) is 36.9 Å². The molecule has 1 aromatic rings. The molecule has 1 saturated heterocycles. The highest BCUT2D eigenvalue weighted by molar-refractivity contribution is 5.30. The second-order valence-electron chi connectivity index (χ2n) is 4.38. The first kappa shape index (κ1) is 9.69. The monoisotopic (exact) mass is 190 g/mol. The minimum absolute atomic E-state index is 0.403. The Balaban J connectivity index is 2.02. The zero-order chi connectivity index (χ0) is 10.1. The predicted octanol–water partition coefficient (Wildman–Crippen LogP) is 1.45. The molecule has 0 aromatic heterocycles. The fraction of sp³-hybridized carbons (Fsp3) is 0.500. The van der Waals surface area contributed by atoms with Crippen molar-refractivity contribution in [3.8, 4) is 0 Å². The maximum Gasteiger partial charge on any atom is 0.0297 e. The number of hydrogen-bond donors (Lipinski definition) is 1. The Kier molecular flexibility index (Phi) is 2.57. The van der Waals surface area contributed by atoms with Gasteiger partial charge < -0.3 is 5.73 Å². The van der Waals surface area contributed by atoms with E-state index >= 15 is 0 Å². The fourth-order valence-corrected chi connectivity index (χ4v) is 2.00. The average Bonchev–Trinajstić information content (AvgIpc) is 2.06. The summed E-state index contributed by atoms with van der Waals surface area (Å²) in [5.74, 6) is 0. The van der Waals surface area contributed by atoms with Gasteiger partial charge in [-0.05, 0) is 25.0 Å². The number of nitrogens with zero attached hydrogens (tertiary/aromatic N) is 1. The van der Waals surface area contributed by atoms with Crippen molar-refractivity contribution < 1.29 is 0 Å². The van der Waals surface area contributed by atoms with E-state index in [1.54, 1.807) is 0 Å². The third kappa shape index (κ3) is 1.97. The van der Waals surface area contributed by atoms with E-state index in [1.165, 1.54) is 16.7 Å². The van der Waals surface area contributed by atoms with E-state index in [0.29, 0.717) is 6.04 Å². The van der Waals surface area contributed by atoms with E-state index < -0.39 is 0 Å². The lowest BCUT2D eigenvalue weighted by molar-refractivity contribution is 0.142. The molecule has 0 radical (unpaired) electrons. The average molecular weight is 190 g/mol. The van der Waals surface area contributed by atoms with Crippen LogP contribution in [0.2, 0.25) is 0 Å². The Hall–Kier alpha value is -0.860. The van der Waals surface area contributed by atoms with E-state index in [9.17, 15) is 0 Å². The van der Waals surface area contributed by atoms with Crippen LogP contribution in [0.5, 0.6) is 0 Å². The maximum atomic E-state index is 5.74. The van der Waals surface area contributed by atoms with Crippen molar-refractivity contribution in [3.63, 3.8) is 0 Å². The quantitative estimate of drug-likeness (QED) is 0.764. The van der Waals surface area contributed by atoms with Crippen LogP contribution >= 0.6 is 0 Å². The van der Waals surface area contributed by atoms with Crippen LogP contribution in [-0.4, -0.2) is 24.0 Å². The van der Waals surface area contributed by atoms with Gasteiger partial charge in [-0.1, -0.05) is 23.8 Å². The molecule has 1 heterocycles. The highest BCUT2D eigenvalue weighted by atomic mass is 15.2. The summed E-state index contributed by atoms with van der Waals surface area (Å²) in [6.07, 6.45) is 0. The first-order valence-electron chi connectivity index (χ1n) is 5.19. The molecule has 1 fully saturated rings. The summed E-state index contributed by atoms with van der Waals surface area (Å²) in [6.45, 7) is 7.47. The molecule has 0 aliphatic carbocycles. The molecule has 2 rings (SSSR count). The lowest BCUT2D eigenvalue weighted by atomic mass is 10.0. The molecular formula is C12H18N2.